The van der Waals surface area contributed by atoms with Gasteiger partial charge >= 0.3 is 0 Å². The van der Waals surface area contributed by atoms with Gasteiger partial charge in [-0.15, -0.1) is 0 Å². The summed E-state index contributed by atoms with van der Waals surface area (Å²) in [5.74, 6) is 1.03. The number of imidazole rings is 1. The van der Waals surface area contributed by atoms with Crippen molar-refractivity contribution < 1.29 is 0 Å². The second-order valence-corrected chi connectivity index (χ2v) is 4.95. The summed E-state index contributed by atoms with van der Waals surface area (Å²) in [5.41, 5.74) is 1.41. The molecule has 2 aromatic rings. The van der Waals surface area contributed by atoms with Gasteiger partial charge in [0, 0.05) is 25.0 Å². The van der Waals surface area contributed by atoms with Crippen molar-refractivity contribution >= 4 is 5.95 Å². The SMILES string of the molecule is c1ccc(CCCn2ccnc2NC2CC2)cc1. The van der Waals surface area contributed by atoms with Gasteiger partial charge < -0.3 is 9.88 Å². The number of hydrogen-bond acceptors (Lipinski definition) is 2. The van der Waals surface area contributed by atoms with Crippen molar-refractivity contribution in [3.8, 4) is 0 Å². The molecule has 94 valence electrons. The van der Waals surface area contributed by atoms with Crippen molar-refractivity contribution in [2.75, 3.05) is 5.32 Å². The van der Waals surface area contributed by atoms with Crippen LogP contribution in [0.5, 0.6) is 0 Å². The van der Waals surface area contributed by atoms with Gasteiger partial charge in [0.15, 0.2) is 0 Å². The number of rotatable bonds is 6. The highest BCUT2D eigenvalue weighted by Gasteiger charge is 2.22. The van der Waals surface area contributed by atoms with E-state index in [2.05, 4.69) is 51.4 Å². The number of aryl methyl sites for hydroxylation is 2. The molecule has 1 aliphatic carbocycles. The van der Waals surface area contributed by atoms with Gasteiger partial charge in [-0.2, -0.15) is 0 Å². The summed E-state index contributed by atoms with van der Waals surface area (Å²) in [7, 11) is 0. The summed E-state index contributed by atoms with van der Waals surface area (Å²) in [6.45, 7) is 1.03. The zero-order valence-corrected chi connectivity index (χ0v) is 10.5. The Labute approximate surface area is 108 Å². The van der Waals surface area contributed by atoms with Crippen molar-refractivity contribution in [3.63, 3.8) is 0 Å². The van der Waals surface area contributed by atoms with E-state index in [1.165, 1.54) is 18.4 Å². The molecule has 1 fully saturated rings. The van der Waals surface area contributed by atoms with Crippen LogP contribution in [-0.2, 0) is 13.0 Å². The van der Waals surface area contributed by atoms with Gasteiger partial charge in [-0.3, -0.25) is 0 Å². The average molecular weight is 241 g/mol. The molecule has 0 aliphatic heterocycles. The van der Waals surface area contributed by atoms with E-state index in [0.717, 1.165) is 25.3 Å². The summed E-state index contributed by atoms with van der Waals surface area (Å²) in [6.07, 6.45) is 8.80. The Kier molecular flexibility index (Phi) is 3.31. The molecule has 0 atom stereocenters. The van der Waals surface area contributed by atoms with Crippen molar-refractivity contribution in [1.29, 1.82) is 0 Å². The minimum Gasteiger partial charge on any atom is -0.353 e. The van der Waals surface area contributed by atoms with Gasteiger partial charge in [-0.1, -0.05) is 30.3 Å². The molecule has 0 radical (unpaired) electrons. The van der Waals surface area contributed by atoms with Gasteiger partial charge in [-0.05, 0) is 31.2 Å². The largest absolute Gasteiger partial charge is 0.353 e. The second-order valence-electron chi connectivity index (χ2n) is 4.95. The molecule has 1 aromatic heterocycles. The highest BCUT2D eigenvalue weighted by molar-refractivity contribution is 5.29. The lowest BCUT2D eigenvalue weighted by atomic mass is 10.1. The van der Waals surface area contributed by atoms with Crippen molar-refractivity contribution in [2.24, 2.45) is 0 Å². The van der Waals surface area contributed by atoms with Crippen LogP contribution in [0.2, 0.25) is 0 Å². The first-order valence-electron chi connectivity index (χ1n) is 6.73. The van der Waals surface area contributed by atoms with E-state index < -0.39 is 0 Å². The molecule has 3 heteroatoms. The topological polar surface area (TPSA) is 29.9 Å². The molecular formula is C15H19N3. The van der Waals surface area contributed by atoms with Crippen LogP contribution < -0.4 is 5.32 Å². The lowest BCUT2D eigenvalue weighted by Gasteiger charge is -2.09. The molecule has 1 aromatic carbocycles. The fourth-order valence-corrected chi connectivity index (χ4v) is 2.14. The monoisotopic (exact) mass is 241 g/mol. The molecule has 0 spiro atoms. The number of aromatic nitrogens is 2. The molecule has 18 heavy (non-hydrogen) atoms. The molecule has 0 saturated heterocycles. The fraction of sp³-hybridized carbons (Fsp3) is 0.400. The van der Waals surface area contributed by atoms with E-state index in [1.54, 1.807) is 0 Å². The summed E-state index contributed by atoms with van der Waals surface area (Å²) in [6, 6.07) is 11.3. The standard InChI is InChI=1S/C15H19N3/c1-2-5-13(6-3-1)7-4-11-18-12-10-16-15(18)17-14-8-9-14/h1-3,5-6,10,12,14H,4,7-9,11H2,(H,16,17). The molecule has 1 saturated carbocycles. The van der Waals surface area contributed by atoms with E-state index >= 15 is 0 Å². The van der Waals surface area contributed by atoms with Crippen LogP contribution in [0.4, 0.5) is 5.95 Å². The van der Waals surface area contributed by atoms with Crippen molar-refractivity contribution in [1.82, 2.24) is 9.55 Å². The Morgan fingerprint density at radius 3 is 2.83 bits per heavy atom. The minimum atomic E-state index is 0.667. The van der Waals surface area contributed by atoms with Gasteiger partial charge in [0.05, 0.1) is 0 Å². The first-order chi connectivity index (χ1) is 8.92. The van der Waals surface area contributed by atoms with E-state index in [-0.39, 0.29) is 0 Å². The number of benzene rings is 1. The number of nitrogens with zero attached hydrogens (tertiary/aromatic N) is 2. The van der Waals surface area contributed by atoms with Gasteiger partial charge in [-0.25, -0.2) is 4.98 Å². The van der Waals surface area contributed by atoms with E-state index in [4.69, 9.17) is 0 Å². The van der Waals surface area contributed by atoms with Crippen LogP contribution in [-0.4, -0.2) is 15.6 Å². The van der Waals surface area contributed by atoms with E-state index in [9.17, 15) is 0 Å². The molecule has 1 heterocycles. The average Bonchev–Trinajstić information content (AvgIpc) is 3.11. The molecule has 3 rings (SSSR count). The minimum absolute atomic E-state index is 0.667. The Morgan fingerprint density at radius 2 is 2.06 bits per heavy atom. The maximum Gasteiger partial charge on any atom is 0.202 e. The quantitative estimate of drug-likeness (QED) is 0.842. The highest BCUT2D eigenvalue weighted by atomic mass is 15.2. The number of hydrogen-bond donors (Lipinski definition) is 1. The van der Waals surface area contributed by atoms with Crippen LogP contribution in [0.1, 0.15) is 24.8 Å². The van der Waals surface area contributed by atoms with Gasteiger partial charge in [0.25, 0.3) is 0 Å². The van der Waals surface area contributed by atoms with Crippen LogP contribution in [0.25, 0.3) is 0 Å². The summed E-state index contributed by atoms with van der Waals surface area (Å²) in [5, 5.41) is 3.46. The fourth-order valence-electron chi connectivity index (χ4n) is 2.14. The Hall–Kier alpha value is -1.77. The molecule has 0 amide bonds. The van der Waals surface area contributed by atoms with E-state index in [1.807, 2.05) is 6.20 Å². The van der Waals surface area contributed by atoms with Crippen LogP contribution in [0, 0.1) is 0 Å². The zero-order chi connectivity index (χ0) is 12.2. The van der Waals surface area contributed by atoms with Crippen molar-refractivity contribution in [3.05, 3.63) is 48.3 Å². The van der Waals surface area contributed by atoms with Crippen LogP contribution in [0.15, 0.2) is 42.7 Å². The molecule has 0 bridgehead atoms. The van der Waals surface area contributed by atoms with E-state index in [0.29, 0.717) is 6.04 Å². The van der Waals surface area contributed by atoms with Gasteiger partial charge in [0.2, 0.25) is 5.95 Å². The molecule has 1 N–H and O–H groups in total. The molecule has 3 nitrogen and oxygen atoms in total. The third-order valence-electron chi connectivity index (χ3n) is 3.33. The lowest BCUT2D eigenvalue weighted by Crippen LogP contribution is -2.09. The Balaban J connectivity index is 1.52. The smallest absolute Gasteiger partial charge is 0.202 e. The van der Waals surface area contributed by atoms with Crippen LogP contribution in [0.3, 0.4) is 0 Å². The lowest BCUT2D eigenvalue weighted by molar-refractivity contribution is 0.645. The summed E-state index contributed by atoms with van der Waals surface area (Å²) < 4.78 is 2.22. The second kappa shape index (κ2) is 5.25. The third-order valence-corrected chi connectivity index (χ3v) is 3.33. The van der Waals surface area contributed by atoms with Gasteiger partial charge in [0.1, 0.15) is 0 Å². The first-order valence-corrected chi connectivity index (χ1v) is 6.73. The highest BCUT2D eigenvalue weighted by Crippen LogP contribution is 2.23. The third kappa shape index (κ3) is 2.92. The zero-order valence-electron chi connectivity index (χ0n) is 10.5. The molecule has 1 aliphatic rings. The predicted octanol–water partition coefficient (Wildman–Crippen LogP) is 3.09. The Bertz CT molecular complexity index is 485. The summed E-state index contributed by atoms with van der Waals surface area (Å²) >= 11 is 0. The molecule has 0 unspecified atom stereocenters. The maximum atomic E-state index is 4.37. The number of nitrogens with one attached hydrogen (secondary N) is 1. The normalized spacial score (nSPS) is 14.7. The van der Waals surface area contributed by atoms with Crippen molar-refractivity contribution in [2.45, 2.75) is 38.3 Å². The molecular weight excluding hydrogens is 222 g/mol. The maximum absolute atomic E-state index is 4.37. The first kappa shape index (κ1) is 11.3. The predicted molar refractivity (Wildman–Crippen MR) is 73.6 cm³/mol. The Morgan fingerprint density at radius 1 is 1.22 bits per heavy atom. The van der Waals surface area contributed by atoms with Crippen LogP contribution >= 0.6 is 0 Å². The number of anilines is 1. The summed E-state index contributed by atoms with van der Waals surface area (Å²) in [4.78, 5) is 4.37.